The fraction of sp³-hybridized carbons (Fsp3) is 0.214. The van der Waals surface area contributed by atoms with Gasteiger partial charge >= 0.3 is 0 Å². The van der Waals surface area contributed by atoms with Crippen LogP contribution in [-0.4, -0.2) is 28.7 Å². The second-order valence-corrected chi connectivity index (χ2v) is 5.44. The van der Waals surface area contributed by atoms with E-state index in [1.54, 1.807) is 6.07 Å². The Bertz CT molecular complexity index is 757. The number of thioether (sulfide) groups is 1. The lowest BCUT2D eigenvalue weighted by Crippen LogP contribution is -2.31. The molecule has 108 valence electrons. The van der Waals surface area contributed by atoms with Crippen molar-refractivity contribution >= 4 is 29.2 Å². The molecule has 2 heterocycles. The van der Waals surface area contributed by atoms with Crippen LogP contribution in [0.5, 0.6) is 0 Å². The van der Waals surface area contributed by atoms with Gasteiger partial charge in [0.25, 0.3) is 11.5 Å². The van der Waals surface area contributed by atoms with Gasteiger partial charge in [-0.05, 0) is 30.4 Å². The Morgan fingerprint density at radius 2 is 2.14 bits per heavy atom. The second kappa shape index (κ2) is 5.61. The lowest BCUT2D eigenvalue weighted by molar-refractivity contribution is 0.0946. The zero-order valence-corrected chi connectivity index (χ0v) is 12.2. The van der Waals surface area contributed by atoms with Gasteiger partial charge in [0.05, 0.1) is 0 Å². The highest BCUT2D eigenvalue weighted by atomic mass is 32.2. The van der Waals surface area contributed by atoms with Crippen molar-refractivity contribution in [1.29, 1.82) is 0 Å². The third-order valence-corrected chi connectivity index (χ3v) is 3.80. The van der Waals surface area contributed by atoms with Gasteiger partial charge in [0.1, 0.15) is 5.82 Å². The van der Waals surface area contributed by atoms with Crippen molar-refractivity contribution in [2.24, 2.45) is 0 Å². The van der Waals surface area contributed by atoms with Crippen molar-refractivity contribution in [2.45, 2.75) is 11.6 Å². The molecule has 0 saturated heterocycles. The van der Waals surface area contributed by atoms with Crippen LogP contribution in [0.2, 0.25) is 0 Å². The molecule has 0 aliphatic carbocycles. The minimum absolute atomic E-state index is 0.0661. The molecule has 0 fully saturated rings. The van der Waals surface area contributed by atoms with Crippen LogP contribution in [0, 0.1) is 0 Å². The Kier molecular flexibility index (Phi) is 3.66. The van der Waals surface area contributed by atoms with Gasteiger partial charge in [-0.3, -0.25) is 9.59 Å². The highest BCUT2D eigenvalue weighted by Crippen LogP contribution is 2.21. The molecule has 1 aliphatic rings. The summed E-state index contributed by atoms with van der Waals surface area (Å²) in [7, 11) is 0. The number of anilines is 2. The van der Waals surface area contributed by atoms with E-state index >= 15 is 0 Å². The molecular formula is C14H14N4O2S. The Balaban J connectivity index is 1.92. The number of benzene rings is 1. The molecule has 1 aliphatic heterocycles. The van der Waals surface area contributed by atoms with Gasteiger partial charge in [0.15, 0.2) is 5.16 Å². The zero-order chi connectivity index (χ0) is 14.8. The Hall–Kier alpha value is -2.28. The molecule has 7 heteroatoms. The number of nitrogens with zero attached hydrogens (tertiary/aromatic N) is 1. The molecule has 6 nitrogen and oxygen atoms in total. The molecule has 0 spiro atoms. The minimum Gasteiger partial charge on any atom is -0.352 e. The number of nitrogens with one attached hydrogen (secondary N) is 3. The molecule has 1 aromatic carbocycles. The molecule has 1 amide bonds. The number of aromatic amines is 1. The van der Waals surface area contributed by atoms with E-state index in [0.717, 1.165) is 17.7 Å². The zero-order valence-electron chi connectivity index (χ0n) is 11.4. The maximum absolute atomic E-state index is 11.8. The van der Waals surface area contributed by atoms with Crippen molar-refractivity contribution in [3.8, 4) is 0 Å². The van der Waals surface area contributed by atoms with Gasteiger partial charge < -0.3 is 15.6 Å². The van der Waals surface area contributed by atoms with Crippen LogP contribution in [0.25, 0.3) is 0 Å². The summed E-state index contributed by atoms with van der Waals surface area (Å²) in [5, 5.41) is 6.42. The topological polar surface area (TPSA) is 86.9 Å². The summed E-state index contributed by atoms with van der Waals surface area (Å²) in [4.78, 5) is 30.3. The molecule has 0 unspecified atom stereocenters. The minimum atomic E-state index is -0.215. The fourth-order valence-electron chi connectivity index (χ4n) is 2.23. The third kappa shape index (κ3) is 2.92. The summed E-state index contributed by atoms with van der Waals surface area (Å²) in [6.07, 6.45) is 2.67. The van der Waals surface area contributed by atoms with Crippen molar-refractivity contribution in [2.75, 3.05) is 18.1 Å². The van der Waals surface area contributed by atoms with Gasteiger partial charge in [-0.1, -0.05) is 17.8 Å². The van der Waals surface area contributed by atoms with E-state index in [-0.39, 0.29) is 11.5 Å². The van der Waals surface area contributed by atoms with Gasteiger partial charge in [0, 0.05) is 23.9 Å². The highest BCUT2D eigenvalue weighted by Gasteiger charge is 2.16. The first-order valence-corrected chi connectivity index (χ1v) is 7.72. The fourth-order valence-corrected chi connectivity index (χ4v) is 2.63. The molecule has 2 aromatic rings. The number of H-pyrrole nitrogens is 1. The quantitative estimate of drug-likeness (QED) is 0.591. The first-order chi connectivity index (χ1) is 10.2. The van der Waals surface area contributed by atoms with E-state index in [4.69, 9.17) is 0 Å². The van der Waals surface area contributed by atoms with Crippen molar-refractivity contribution in [3.63, 3.8) is 0 Å². The SMILES string of the molecule is CSc1nc(Nc2ccc3c(c2)C(=O)NCC3)cc(=O)[nH]1. The Labute approximate surface area is 125 Å². The number of rotatable bonds is 3. The number of carbonyl (C=O) groups is 1. The molecule has 0 bridgehead atoms. The lowest BCUT2D eigenvalue weighted by Gasteiger charge is -2.17. The first-order valence-electron chi connectivity index (χ1n) is 6.49. The summed E-state index contributed by atoms with van der Waals surface area (Å²) in [5.41, 5.74) is 2.22. The number of hydrogen-bond acceptors (Lipinski definition) is 5. The third-order valence-electron chi connectivity index (χ3n) is 3.22. The molecule has 0 atom stereocenters. The summed E-state index contributed by atoms with van der Waals surface area (Å²) in [5.74, 6) is 0.392. The van der Waals surface area contributed by atoms with E-state index in [1.165, 1.54) is 17.8 Å². The number of amides is 1. The Morgan fingerprint density at radius 1 is 1.29 bits per heavy atom. The van der Waals surface area contributed by atoms with Crippen LogP contribution >= 0.6 is 11.8 Å². The average molecular weight is 302 g/mol. The number of fused-ring (bicyclic) bond motifs is 1. The van der Waals surface area contributed by atoms with E-state index in [2.05, 4.69) is 20.6 Å². The molecular weight excluding hydrogens is 288 g/mol. The Morgan fingerprint density at radius 3 is 2.95 bits per heavy atom. The van der Waals surface area contributed by atoms with Crippen LogP contribution in [0.3, 0.4) is 0 Å². The number of carbonyl (C=O) groups excluding carboxylic acids is 1. The van der Waals surface area contributed by atoms with Gasteiger partial charge in [0.2, 0.25) is 0 Å². The van der Waals surface area contributed by atoms with Crippen molar-refractivity contribution in [3.05, 3.63) is 45.7 Å². The van der Waals surface area contributed by atoms with E-state index < -0.39 is 0 Å². The van der Waals surface area contributed by atoms with Crippen molar-refractivity contribution in [1.82, 2.24) is 15.3 Å². The molecule has 3 N–H and O–H groups in total. The summed E-state index contributed by atoms with van der Waals surface area (Å²) >= 11 is 1.36. The number of hydrogen-bond donors (Lipinski definition) is 3. The van der Waals surface area contributed by atoms with Crippen molar-refractivity contribution < 1.29 is 4.79 Å². The molecule has 0 radical (unpaired) electrons. The summed E-state index contributed by atoms with van der Waals surface area (Å²) in [6, 6.07) is 6.99. The summed E-state index contributed by atoms with van der Waals surface area (Å²) < 4.78 is 0. The maximum atomic E-state index is 11.8. The second-order valence-electron chi connectivity index (χ2n) is 4.64. The van der Waals surface area contributed by atoms with E-state index in [9.17, 15) is 9.59 Å². The smallest absolute Gasteiger partial charge is 0.253 e. The molecule has 0 saturated carbocycles. The highest BCUT2D eigenvalue weighted by molar-refractivity contribution is 7.98. The van der Waals surface area contributed by atoms with Gasteiger partial charge in [-0.25, -0.2) is 4.98 Å². The molecule has 3 rings (SSSR count). The number of aromatic nitrogens is 2. The largest absolute Gasteiger partial charge is 0.352 e. The van der Waals surface area contributed by atoms with E-state index in [0.29, 0.717) is 23.1 Å². The molecule has 1 aromatic heterocycles. The predicted octanol–water partition coefficient (Wildman–Crippen LogP) is 1.52. The van der Waals surface area contributed by atoms with Crippen LogP contribution in [0.4, 0.5) is 11.5 Å². The molecule has 21 heavy (non-hydrogen) atoms. The monoisotopic (exact) mass is 302 g/mol. The van der Waals surface area contributed by atoms with Crippen LogP contribution < -0.4 is 16.2 Å². The normalized spacial score (nSPS) is 13.5. The van der Waals surface area contributed by atoms with E-state index in [1.807, 2.05) is 18.4 Å². The first kappa shape index (κ1) is 13.7. The summed E-state index contributed by atoms with van der Waals surface area (Å²) in [6.45, 7) is 0.672. The van der Waals surface area contributed by atoms with Gasteiger partial charge in [-0.15, -0.1) is 0 Å². The lowest BCUT2D eigenvalue weighted by atomic mass is 10.00. The van der Waals surface area contributed by atoms with Crippen LogP contribution in [0.1, 0.15) is 15.9 Å². The van der Waals surface area contributed by atoms with Crippen LogP contribution in [-0.2, 0) is 6.42 Å². The average Bonchev–Trinajstić information content (AvgIpc) is 2.47. The standard InChI is InChI=1S/C14H14N4O2S/c1-21-14-17-11(7-12(19)18-14)16-9-3-2-8-4-5-15-13(20)10(8)6-9/h2-3,6-7H,4-5H2,1H3,(H,15,20)(H2,16,17,18,19). The predicted molar refractivity (Wildman–Crippen MR) is 82.4 cm³/mol. The van der Waals surface area contributed by atoms with Crippen LogP contribution in [0.15, 0.2) is 34.2 Å². The van der Waals surface area contributed by atoms with Gasteiger partial charge in [-0.2, -0.15) is 0 Å². The maximum Gasteiger partial charge on any atom is 0.253 e.